The number of aryl methyl sites for hydroxylation is 1. The molecule has 0 amide bonds. The summed E-state index contributed by atoms with van der Waals surface area (Å²) < 4.78 is 19.7. The quantitative estimate of drug-likeness (QED) is 0.835. The molecule has 1 aliphatic carbocycles. The van der Waals surface area contributed by atoms with Gasteiger partial charge in [-0.05, 0) is 42.5 Å². The van der Waals surface area contributed by atoms with E-state index in [0.717, 1.165) is 31.4 Å². The summed E-state index contributed by atoms with van der Waals surface area (Å²) in [6, 6.07) is 5.53. The van der Waals surface area contributed by atoms with Gasteiger partial charge in [0.05, 0.1) is 12.7 Å². The van der Waals surface area contributed by atoms with E-state index in [1.54, 1.807) is 12.1 Å². The van der Waals surface area contributed by atoms with E-state index in [1.807, 2.05) is 11.0 Å². The highest BCUT2D eigenvalue weighted by Crippen LogP contribution is 2.40. The number of benzene rings is 1. The lowest BCUT2D eigenvalue weighted by molar-refractivity contribution is -0.149. The van der Waals surface area contributed by atoms with Crippen LogP contribution in [0.4, 0.5) is 4.39 Å². The third kappa shape index (κ3) is 2.23. The maximum atomic E-state index is 14.0. The number of ether oxygens (including phenoxy) is 1. The fraction of sp³-hybridized carbons (Fsp3) is 0.600. The average Bonchev–Trinajstić information content (AvgIpc) is 2.41. The molecular formula is C15H20FNO2. The van der Waals surface area contributed by atoms with Crippen molar-refractivity contribution in [3.63, 3.8) is 0 Å². The molecule has 0 radical (unpaired) electrons. The number of hydrogen-bond donors (Lipinski definition) is 1. The van der Waals surface area contributed by atoms with E-state index < -0.39 is 6.30 Å². The number of halogens is 1. The highest BCUT2D eigenvalue weighted by Gasteiger charge is 2.41. The number of alkyl halides is 1. The standard InChI is InChI=1S/C15H20FNO2/c1-2-7-17-13-6-4-10-3-5-11(18)8-12(10)15(13)19-9-14(17)16/h3,5,8,13-15,18H,2,4,6-7,9H2,1H3. The molecule has 3 unspecified atom stereocenters. The number of nitrogens with zero attached hydrogens (tertiary/aromatic N) is 1. The Morgan fingerprint density at radius 1 is 1.47 bits per heavy atom. The smallest absolute Gasteiger partial charge is 0.177 e. The lowest BCUT2D eigenvalue weighted by Gasteiger charge is -2.46. The van der Waals surface area contributed by atoms with Gasteiger partial charge in [-0.15, -0.1) is 0 Å². The van der Waals surface area contributed by atoms with Gasteiger partial charge in [-0.3, -0.25) is 4.90 Å². The maximum absolute atomic E-state index is 14.0. The molecule has 1 aromatic rings. The summed E-state index contributed by atoms with van der Waals surface area (Å²) in [5, 5.41) is 9.66. The van der Waals surface area contributed by atoms with Crippen LogP contribution in [-0.2, 0) is 11.2 Å². The van der Waals surface area contributed by atoms with Crippen molar-refractivity contribution in [2.45, 2.75) is 44.6 Å². The molecule has 1 aliphatic heterocycles. The van der Waals surface area contributed by atoms with Crippen LogP contribution >= 0.6 is 0 Å². The second kappa shape index (κ2) is 5.10. The van der Waals surface area contributed by atoms with Crippen LogP contribution < -0.4 is 0 Å². The van der Waals surface area contributed by atoms with Crippen LogP contribution in [0.15, 0.2) is 18.2 Å². The molecule has 0 saturated carbocycles. The van der Waals surface area contributed by atoms with Gasteiger partial charge in [0, 0.05) is 12.6 Å². The van der Waals surface area contributed by atoms with Crippen LogP contribution in [0.2, 0.25) is 0 Å². The van der Waals surface area contributed by atoms with Gasteiger partial charge in [-0.2, -0.15) is 0 Å². The van der Waals surface area contributed by atoms with Crippen molar-refractivity contribution in [1.29, 1.82) is 0 Å². The Hall–Kier alpha value is -1.13. The number of aromatic hydroxyl groups is 1. The highest BCUT2D eigenvalue weighted by molar-refractivity contribution is 5.39. The van der Waals surface area contributed by atoms with Crippen molar-refractivity contribution in [1.82, 2.24) is 4.90 Å². The summed E-state index contributed by atoms with van der Waals surface area (Å²) in [5.74, 6) is 0.257. The number of phenolic OH excluding ortho intramolecular Hbond substituents is 1. The van der Waals surface area contributed by atoms with Crippen LogP contribution in [0.1, 0.15) is 37.0 Å². The van der Waals surface area contributed by atoms with Gasteiger partial charge < -0.3 is 9.84 Å². The summed E-state index contributed by atoms with van der Waals surface area (Å²) in [5.41, 5.74) is 2.25. The minimum atomic E-state index is -1.000. The number of hydrogen-bond acceptors (Lipinski definition) is 3. The number of rotatable bonds is 2. The molecule has 4 heteroatoms. The molecule has 2 aliphatic rings. The minimum Gasteiger partial charge on any atom is -0.508 e. The van der Waals surface area contributed by atoms with E-state index >= 15 is 0 Å². The Kier molecular flexibility index (Phi) is 3.46. The molecule has 19 heavy (non-hydrogen) atoms. The molecule has 1 heterocycles. The third-order valence-electron chi connectivity index (χ3n) is 4.18. The van der Waals surface area contributed by atoms with Crippen LogP contribution in [0.25, 0.3) is 0 Å². The molecule has 1 saturated heterocycles. The Bertz CT molecular complexity index is 465. The van der Waals surface area contributed by atoms with Crippen molar-refractivity contribution in [2.75, 3.05) is 13.2 Å². The molecule has 0 aromatic heterocycles. The monoisotopic (exact) mass is 265 g/mol. The second-order valence-corrected chi connectivity index (χ2v) is 5.42. The Morgan fingerprint density at radius 2 is 2.32 bits per heavy atom. The van der Waals surface area contributed by atoms with E-state index in [1.165, 1.54) is 5.56 Å². The fourth-order valence-electron chi connectivity index (χ4n) is 3.33. The van der Waals surface area contributed by atoms with Gasteiger partial charge >= 0.3 is 0 Å². The minimum absolute atomic E-state index is 0.0954. The van der Waals surface area contributed by atoms with Crippen molar-refractivity contribution >= 4 is 0 Å². The zero-order valence-electron chi connectivity index (χ0n) is 11.2. The normalized spacial score (nSPS) is 30.7. The summed E-state index contributed by atoms with van der Waals surface area (Å²) >= 11 is 0. The van der Waals surface area contributed by atoms with E-state index in [2.05, 4.69) is 6.92 Å². The second-order valence-electron chi connectivity index (χ2n) is 5.42. The van der Waals surface area contributed by atoms with Gasteiger partial charge in [0.25, 0.3) is 0 Å². The number of morpholine rings is 1. The van der Waals surface area contributed by atoms with E-state index in [9.17, 15) is 9.50 Å². The number of phenols is 1. The van der Waals surface area contributed by atoms with Crippen LogP contribution in [0, 0.1) is 0 Å². The molecule has 3 rings (SSSR count). The van der Waals surface area contributed by atoms with Crippen molar-refractivity contribution in [2.24, 2.45) is 0 Å². The number of fused-ring (bicyclic) bond motifs is 3. The molecule has 1 fully saturated rings. The Morgan fingerprint density at radius 3 is 3.11 bits per heavy atom. The van der Waals surface area contributed by atoms with Gasteiger partial charge in [0.2, 0.25) is 0 Å². The molecule has 0 spiro atoms. The molecular weight excluding hydrogens is 245 g/mol. The predicted octanol–water partition coefficient (Wildman–Crippen LogP) is 2.79. The molecule has 1 aromatic carbocycles. The Labute approximate surface area is 113 Å². The average molecular weight is 265 g/mol. The first kappa shape index (κ1) is 12.9. The van der Waals surface area contributed by atoms with Crippen molar-refractivity contribution in [3.05, 3.63) is 29.3 Å². The van der Waals surface area contributed by atoms with E-state index in [-0.39, 0.29) is 24.5 Å². The largest absolute Gasteiger partial charge is 0.508 e. The van der Waals surface area contributed by atoms with Gasteiger partial charge in [0.15, 0.2) is 6.30 Å². The van der Waals surface area contributed by atoms with Gasteiger partial charge in [0.1, 0.15) is 5.75 Å². The highest BCUT2D eigenvalue weighted by atomic mass is 19.1. The van der Waals surface area contributed by atoms with Gasteiger partial charge in [-0.25, -0.2) is 4.39 Å². The summed E-state index contributed by atoms with van der Waals surface area (Å²) in [6.07, 6.45) is 1.68. The van der Waals surface area contributed by atoms with Crippen LogP contribution in [0.5, 0.6) is 5.75 Å². The van der Waals surface area contributed by atoms with E-state index in [0.29, 0.717) is 0 Å². The zero-order valence-corrected chi connectivity index (χ0v) is 11.2. The summed E-state index contributed by atoms with van der Waals surface area (Å²) in [4.78, 5) is 1.93. The van der Waals surface area contributed by atoms with Crippen molar-refractivity contribution < 1.29 is 14.2 Å². The molecule has 3 nitrogen and oxygen atoms in total. The summed E-state index contributed by atoms with van der Waals surface area (Å²) in [7, 11) is 0. The third-order valence-corrected chi connectivity index (χ3v) is 4.18. The molecule has 0 bridgehead atoms. The topological polar surface area (TPSA) is 32.7 Å². The first-order valence-electron chi connectivity index (χ1n) is 7.04. The zero-order chi connectivity index (χ0) is 13.4. The SMILES string of the molecule is CCCN1C(F)COC2c3cc(O)ccc3CCC21. The molecule has 104 valence electrons. The lowest BCUT2D eigenvalue weighted by Crippen LogP contribution is -2.53. The Balaban J connectivity index is 1.92. The fourth-order valence-corrected chi connectivity index (χ4v) is 3.33. The first-order valence-corrected chi connectivity index (χ1v) is 7.04. The molecule has 3 atom stereocenters. The van der Waals surface area contributed by atoms with Crippen LogP contribution in [-0.4, -0.2) is 35.5 Å². The van der Waals surface area contributed by atoms with E-state index in [4.69, 9.17) is 4.74 Å². The van der Waals surface area contributed by atoms with Crippen LogP contribution in [0.3, 0.4) is 0 Å². The summed E-state index contributed by atoms with van der Waals surface area (Å²) in [6.45, 7) is 2.95. The lowest BCUT2D eigenvalue weighted by atomic mass is 9.84. The predicted molar refractivity (Wildman–Crippen MR) is 70.8 cm³/mol. The maximum Gasteiger partial charge on any atom is 0.177 e. The first-order chi connectivity index (χ1) is 9.20. The molecule has 1 N–H and O–H groups in total. The van der Waals surface area contributed by atoms with Crippen molar-refractivity contribution in [3.8, 4) is 5.75 Å². The van der Waals surface area contributed by atoms with Gasteiger partial charge in [-0.1, -0.05) is 13.0 Å².